The lowest BCUT2D eigenvalue weighted by atomic mass is 9.99. The van der Waals surface area contributed by atoms with Crippen LogP contribution in [0.5, 0.6) is 0 Å². The molecule has 0 spiro atoms. The van der Waals surface area contributed by atoms with Gasteiger partial charge in [-0.2, -0.15) is 4.31 Å². The zero-order valence-electron chi connectivity index (χ0n) is 14.2. The van der Waals surface area contributed by atoms with E-state index in [9.17, 15) is 13.2 Å². The van der Waals surface area contributed by atoms with E-state index in [1.54, 1.807) is 12.1 Å². The summed E-state index contributed by atoms with van der Waals surface area (Å²) in [6, 6.07) is 11.6. The molecule has 1 aliphatic rings. The first kappa shape index (κ1) is 20.6. The van der Waals surface area contributed by atoms with Crippen LogP contribution in [0, 0.1) is 5.92 Å². The topological polar surface area (TPSA) is 66.5 Å². The van der Waals surface area contributed by atoms with Crippen LogP contribution in [0.25, 0.3) is 0 Å². The van der Waals surface area contributed by atoms with Gasteiger partial charge in [0.1, 0.15) is 4.90 Å². The molecule has 0 saturated carbocycles. The highest BCUT2D eigenvalue weighted by Gasteiger charge is 2.34. The van der Waals surface area contributed by atoms with Crippen molar-refractivity contribution < 1.29 is 13.2 Å². The second-order valence-corrected chi connectivity index (χ2v) is 9.94. The Kier molecular flexibility index (Phi) is 6.48. The Bertz CT molecular complexity index is 969. The minimum absolute atomic E-state index is 0.0373. The molecule has 1 saturated heterocycles. The van der Waals surface area contributed by atoms with Crippen molar-refractivity contribution in [3.63, 3.8) is 0 Å². The van der Waals surface area contributed by atoms with E-state index in [2.05, 4.69) is 21.2 Å². The van der Waals surface area contributed by atoms with Crippen LogP contribution < -0.4 is 5.32 Å². The number of nitrogens with one attached hydrogen (secondary N) is 1. The van der Waals surface area contributed by atoms with Gasteiger partial charge >= 0.3 is 0 Å². The predicted molar refractivity (Wildman–Crippen MR) is 111 cm³/mol. The predicted octanol–water partition coefficient (Wildman–Crippen LogP) is 4.80. The first-order valence-electron chi connectivity index (χ1n) is 8.29. The van der Waals surface area contributed by atoms with Gasteiger partial charge in [-0.05, 0) is 49.2 Å². The number of benzene rings is 2. The van der Waals surface area contributed by atoms with Crippen LogP contribution in [0.15, 0.2) is 51.8 Å². The molecule has 1 amide bonds. The first-order valence-corrected chi connectivity index (χ1v) is 11.3. The Morgan fingerprint density at radius 2 is 1.96 bits per heavy atom. The minimum atomic E-state index is -3.83. The largest absolute Gasteiger partial charge is 0.326 e. The third-order valence-corrected chi connectivity index (χ3v) is 7.43. The van der Waals surface area contributed by atoms with Crippen LogP contribution in [0.1, 0.15) is 12.8 Å². The molecule has 1 aliphatic heterocycles. The molecule has 144 valence electrons. The zero-order valence-corrected chi connectivity index (χ0v) is 18.1. The number of carbonyl (C=O) groups excluding carboxylic acids is 1. The van der Waals surface area contributed by atoms with Gasteiger partial charge in [0.15, 0.2) is 0 Å². The molecule has 0 radical (unpaired) electrons. The molecule has 3 rings (SSSR count). The molecule has 1 fully saturated rings. The highest BCUT2D eigenvalue weighted by molar-refractivity contribution is 9.10. The average molecular weight is 492 g/mol. The van der Waals surface area contributed by atoms with E-state index in [1.807, 2.05) is 12.1 Å². The van der Waals surface area contributed by atoms with Gasteiger partial charge in [-0.3, -0.25) is 4.79 Å². The lowest BCUT2D eigenvalue weighted by Crippen LogP contribution is -2.43. The van der Waals surface area contributed by atoms with Crippen LogP contribution in [0.2, 0.25) is 10.0 Å². The normalized spacial score (nSPS) is 18.3. The van der Waals surface area contributed by atoms with Gasteiger partial charge in [-0.1, -0.05) is 45.2 Å². The third kappa shape index (κ3) is 4.84. The number of amides is 1. The molecule has 27 heavy (non-hydrogen) atoms. The molecule has 2 aromatic carbocycles. The van der Waals surface area contributed by atoms with Crippen LogP contribution in [-0.4, -0.2) is 31.7 Å². The Labute approximate surface area is 176 Å². The van der Waals surface area contributed by atoms with Crippen LogP contribution in [-0.2, 0) is 14.8 Å². The minimum Gasteiger partial charge on any atom is -0.326 e. The SMILES string of the molecule is O=C(Nc1cccc(Br)c1)[C@H]1CCCN(S(=O)(=O)c2cc(Cl)ccc2Cl)C1. The van der Waals surface area contributed by atoms with Gasteiger partial charge in [0.25, 0.3) is 0 Å². The fourth-order valence-corrected chi connectivity index (χ4v) is 5.66. The van der Waals surface area contributed by atoms with Crippen molar-refractivity contribution in [2.45, 2.75) is 17.7 Å². The van der Waals surface area contributed by atoms with E-state index >= 15 is 0 Å². The van der Waals surface area contributed by atoms with Gasteiger partial charge in [-0.25, -0.2) is 8.42 Å². The van der Waals surface area contributed by atoms with E-state index in [0.717, 1.165) is 4.47 Å². The fourth-order valence-electron chi connectivity index (χ4n) is 3.00. The number of hydrogen-bond acceptors (Lipinski definition) is 3. The summed E-state index contributed by atoms with van der Waals surface area (Å²) in [5.41, 5.74) is 0.659. The fraction of sp³-hybridized carbons (Fsp3) is 0.278. The lowest BCUT2D eigenvalue weighted by Gasteiger charge is -2.31. The van der Waals surface area contributed by atoms with Crippen molar-refractivity contribution in [1.82, 2.24) is 4.31 Å². The van der Waals surface area contributed by atoms with Crippen molar-refractivity contribution in [3.8, 4) is 0 Å². The number of anilines is 1. The second kappa shape index (κ2) is 8.49. The van der Waals surface area contributed by atoms with Gasteiger partial charge in [0.2, 0.25) is 15.9 Å². The number of piperidine rings is 1. The standard InChI is InChI=1S/C18H17BrCl2N2O3S/c19-13-4-1-5-15(9-13)22-18(24)12-3-2-8-23(11-12)27(25,26)17-10-14(20)6-7-16(17)21/h1,4-7,9-10,12H,2-3,8,11H2,(H,22,24)/t12-/m0/s1. The van der Waals surface area contributed by atoms with Gasteiger partial charge < -0.3 is 5.32 Å². The maximum atomic E-state index is 13.0. The summed E-state index contributed by atoms with van der Waals surface area (Å²) in [4.78, 5) is 12.6. The molecule has 0 aliphatic carbocycles. The van der Waals surface area contributed by atoms with Crippen LogP contribution in [0.3, 0.4) is 0 Å². The molecular weight excluding hydrogens is 475 g/mol. The van der Waals surface area contributed by atoms with E-state index in [0.29, 0.717) is 30.1 Å². The maximum absolute atomic E-state index is 13.0. The van der Waals surface area contributed by atoms with Gasteiger partial charge in [0, 0.05) is 28.3 Å². The van der Waals surface area contributed by atoms with Crippen molar-refractivity contribution in [2.75, 3.05) is 18.4 Å². The third-order valence-electron chi connectivity index (χ3n) is 4.36. The van der Waals surface area contributed by atoms with E-state index < -0.39 is 15.9 Å². The van der Waals surface area contributed by atoms with Crippen molar-refractivity contribution in [1.29, 1.82) is 0 Å². The summed E-state index contributed by atoms with van der Waals surface area (Å²) in [6.07, 6.45) is 1.21. The molecule has 9 heteroatoms. The average Bonchev–Trinajstić information content (AvgIpc) is 2.63. The second-order valence-electron chi connectivity index (χ2n) is 6.28. The van der Waals surface area contributed by atoms with E-state index in [1.165, 1.54) is 22.5 Å². The summed E-state index contributed by atoms with van der Waals surface area (Å²) >= 11 is 15.4. The Hall–Kier alpha value is -1.12. The number of sulfonamides is 1. The number of rotatable bonds is 4. The number of hydrogen-bond donors (Lipinski definition) is 1. The summed E-state index contributed by atoms with van der Waals surface area (Å²) in [5, 5.41) is 3.25. The highest BCUT2D eigenvalue weighted by atomic mass is 79.9. The van der Waals surface area contributed by atoms with E-state index in [-0.39, 0.29) is 22.4 Å². The summed E-state index contributed by atoms with van der Waals surface area (Å²) in [6.45, 7) is 0.441. The summed E-state index contributed by atoms with van der Waals surface area (Å²) < 4.78 is 28.1. The zero-order chi connectivity index (χ0) is 19.6. The molecule has 5 nitrogen and oxygen atoms in total. The van der Waals surface area contributed by atoms with Gasteiger partial charge in [0.05, 0.1) is 10.9 Å². The van der Waals surface area contributed by atoms with Gasteiger partial charge in [-0.15, -0.1) is 0 Å². The summed E-state index contributed by atoms with van der Waals surface area (Å²) in [7, 11) is -3.83. The monoisotopic (exact) mass is 490 g/mol. The molecule has 0 bridgehead atoms. The van der Waals surface area contributed by atoms with Crippen LogP contribution in [0.4, 0.5) is 5.69 Å². The smallest absolute Gasteiger partial charge is 0.244 e. The number of carbonyl (C=O) groups is 1. The maximum Gasteiger partial charge on any atom is 0.244 e. The first-order chi connectivity index (χ1) is 12.8. The highest BCUT2D eigenvalue weighted by Crippen LogP contribution is 2.30. The molecular formula is C18H17BrCl2N2O3S. The molecule has 1 N–H and O–H groups in total. The number of halogens is 3. The number of nitrogens with zero attached hydrogens (tertiary/aromatic N) is 1. The molecule has 1 heterocycles. The Morgan fingerprint density at radius 3 is 2.70 bits per heavy atom. The Balaban J connectivity index is 1.77. The quantitative estimate of drug-likeness (QED) is 0.668. The van der Waals surface area contributed by atoms with Crippen molar-refractivity contribution in [2.24, 2.45) is 5.92 Å². The molecule has 2 aromatic rings. The summed E-state index contributed by atoms with van der Waals surface area (Å²) in [5.74, 6) is -0.643. The molecule has 1 atom stereocenters. The Morgan fingerprint density at radius 1 is 1.19 bits per heavy atom. The van der Waals surface area contributed by atoms with Crippen molar-refractivity contribution in [3.05, 3.63) is 57.0 Å². The van der Waals surface area contributed by atoms with Crippen LogP contribution >= 0.6 is 39.1 Å². The molecule has 0 unspecified atom stereocenters. The van der Waals surface area contributed by atoms with E-state index in [4.69, 9.17) is 23.2 Å². The lowest BCUT2D eigenvalue weighted by molar-refractivity contribution is -0.120. The molecule has 0 aromatic heterocycles. The van der Waals surface area contributed by atoms with Crippen molar-refractivity contribution >= 4 is 60.7 Å².